The second kappa shape index (κ2) is 21.7. The minimum absolute atomic E-state index is 0.00586. The highest BCUT2D eigenvalue weighted by Crippen LogP contribution is 2.31. The van der Waals surface area contributed by atoms with E-state index in [-0.39, 0.29) is 18.4 Å². The van der Waals surface area contributed by atoms with Gasteiger partial charge in [0, 0.05) is 69.7 Å². The molecule has 2 N–H and O–H groups in total. The number of fused-ring (bicyclic) bond motifs is 1. The highest BCUT2D eigenvalue weighted by atomic mass is 19.4. The van der Waals surface area contributed by atoms with E-state index in [1.54, 1.807) is 4.90 Å². The minimum atomic E-state index is -4.42. The van der Waals surface area contributed by atoms with Crippen LogP contribution >= 0.6 is 0 Å². The molecule has 0 unspecified atom stereocenters. The van der Waals surface area contributed by atoms with Crippen molar-refractivity contribution in [2.75, 3.05) is 26.9 Å². The predicted molar refractivity (Wildman–Crippen MR) is 149 cm³/mol. The lowest BCUT2D eigenvalue weighted by molar-refractivity contribution is -0.137. The Hall–Kier alpha value is -2.15. The zero-order chi connectivity index (χ0) is 29.7. The number of halogens is 3. The van der Waals surface area contributed by atoms with E-state index in [1.807, 2.05) is 20.8 Å². The average molecular weight is 546 g/mol. The van der Waals surface area contributed by atoms with Crippen molar-refractivity contribution in [2.24, 2.45) is 5.92 Å². The number of carbonyl (C=O) groups is 1. The van der Waals surface area contributed by atoms with Crippen molar-refractivity contribution < 1.29 is 27.8 Å². The molecular formula is C29H50F3N3O3. The van der Waals surface area contributed by atoms with Crippen LogP contribution in [0.1, 0.15) is 90.5 Å². The van der Waals surface area contributed by atoms with Crippen LogP contribution in [0.2, 0.25) is 0 Å². The Morgan fingerprint density at radius 2 is 1.74 bits per heavy atom. The first-order valence-corrected chi connectivity index (χ1v) is 13.6. The third-order valence-corrected chi connectivity index (χ3v) is 5.87. The molecule has 2 aliphatic rings. The van der Waals surface area contributed by atoms with Gasteiger partial charge in [-0.25, -0.2) is 0 Å². The molecule has 1 amide bonds. The summed E-state index contributed by atoms with van der Waals surface area (Å²) in [6.45, 7) is 14.6. The van der Waals surface area contributed by atoms with Crippen LogP contribution in [0, 0.1) is 18.8 Å². The molecule has 0 spiro atoms. The van der Waals surface area contributed by atoms with Crippen LogP contribution in [0.3, 0.4) is 0 Å². The van der Waals surface area contributed by atoms with Gasteiger partial charge in [0.25, 0.3) is 0 Å². The van der Waals surface area contributed by atoms with Crippen LogP contribution in [-0.4, -0.2) is 59.8 Å². The Balaban J connectivity index is 0. The molecule has 3 heterocycles. The van der Waals surface area contributed by atoms with Crippen molar-refractivity contribution in [3.8, 4) is 12.8 Å². The number of alkyl halides is 3. The van der Waals surface area contributed by atoms with E-state index in [1.165, 1.54) is 6.42 Å². The molecule has 0 saturated carbocycles. The number of nitrogens with zero attached hydrogens (tertiary/aromatic N) is 2. The molecule has 1 saturated heterocycles. The third-order valence-electron chi connectivity index (χ3n) is 5.87. The first-order valence-electron chi connectivity index (χ1n) is 13.6. The molecule has 6 nitrogen and oxygen atoms in total. The summed E-state index contributed by atoms with van der Waals surface area (Å²) in [7, 11) is 1.00. The molecule has 0 aromatic carbocycles. The standard InChI is InChI=1S/C21H30F3N3O2.C3H8.C2H6.C2H2.CH4O/c1-14(3-4-15(2)26-18-6-9-29-10-7-18)20(28)27-8-5-19-16(13-27)11-17(12-25-19)21(22,23)24;1-3-2;3*1-2/h11-12,14-15,18,26H,3-10,13H2,1-2H3;3H2,1-2H3;1-2H3;1-2H;2H,1H3/t14-,15+;;;;/m1..../s1. The zero-order valence-corrected chi connectivity index (χ0v) is 24.4. The van der Waals surface area contributed by atoms with Gasteiger partial charge >= 0.3 is 6.18 Å². The van der Waals surface area contributed by atoms with Crippen LogP contribution in [0.4, 0.5) is 13.2 Å². The fraction of sp³-hybridized carbons (Fsp3) is 0.724. The lowest BCUT2D eigenvalue weighted by Gasteiger charge is -2.31. The molecular weight excluding hydrogens is 495 g/mol. The molecule has 0 aliphatic carbocycles. The monoisotopic (exact) mass is 545 g/mol. The van der Waals surface area contributed by atoms with Gasteiger partial charge in [-0.15, -0.1) is 12.8 Å². The minimum Gasteiger partial charge on any atom is -0.400 e. The van der Waals surface area contributed by atoms with Gasteiger partial charge in [0.05, 0.1) is 5.56 Å². The van der Waals surface area contributed by atoms with Gasteiger partial charge < -0.3 is 20.1 Å². The summed E-state index contributed by atoms with van der Waals surface area (Å²) >= 11 is 0. The molecule has 9 heteroatoms. The maximum Gasteiger partial charge on any atom is 0.417 e. The maximum atomic E-state index is 13.0. The molecule has 38 heavy (non-hydrogen) atoms. The number of aliphatic hydroxyl groups excluding tert-OH is 1. The van der Waals surface area contributed by atoms with E-state index in [0.717, 1.165) is 58.3 Å². The van der Waals surface area contributed by atoms with Gasteiger partial charge in [-0.3, -0.25) is 9.78 Å². The van der Waals surface area contributed by atoms with Crippen molar-refractivity contribution in [3.05, 3.63) is 29.1 Å². The van der Waals surface area contributed by atoms with Crippen LogP contribution in [0.5, 0.6) is 0 Å². The van der Waals surface area contributed by atoms with Crippen LogP contribution in [0.25, 0.3) is 0 Å². The smallest absolute Gasteiger partial charge is 0.400 e. The van der Waals surface area contributed by atoms with Crippen LogP contribution < -0.4 is 5.32 Å². The molecule has 2 atom stereocenters. The van der Waals surface area contributed by atoms with Crippen molar-refractivity contribution in [1.82, 2.24) is 15.2 Å². The van der Waals surface area contributed by atoms with Gasteiger partial charge in [-0.2, -0.15) is 13.2 Å². The summed E-state index contributed by atoms with van der Waals surface area (Å²) in [4.78, 5) is 18.5. The van der Waals surface area contributed by atoms with Crippen molar-refractivity contribution in [2.45, 2.75) is 105 Å². The van der Waals surface area contributed by atoms with E-state index < -0.39 is 11.7 Å². The number of terminal acetylenes is 1. The lowest BCUT2D eigenvalue weighted by atomic mass is 9.97. The van der Waals surface area contributed by atoms with Gasteiger partial charge in [0.1, 0.15) is 0 Å². The van der Waals surface area contributed by atoms with Crippen molar-refractivity contribution in [1.29, 1.82) is 0 Å². The molecule has 3 rings (SSSR count). The summed E-state index contributed by atoms with van der Waals surface area (Å²) in [6, 6.07) is 1.92. The predicted octanol–water partition coefficient (Wildman–Crippen LogP) is 5.86. The van der Waals surface area contributed by atoms with E-state index in [0.29, 0.717) is 36.3 Å². The second-order valence-corrected chi connectivity index (χ2v) is 8.98. The maximum absolute atomic E-state index is 13.0. The van der Waals surface area contributed by atoms with Gasteiger partial charge in [-0.05, 0) is 44.2 Å². The third kappa shape index (κ3) is 14.1. The zero-order valence-electron chi connectivity index (χ0n) is 24.4. The van der Waals surface area contributed by atoms with E-state index >= 15 is 0 Å². The number of nitrogens with one attached hydrogen (secondary N) is 1. The molecule has 1 fully saturated rings. The van der Waals surface area contributed by atoms with Gasteiger partial charge in [0.15, 0.2) is 0 Å². The highest BCUT2D eigenvalue weighted by molar-refractivity contribution is 5.78. The van der Waals surface area contributed by atoms with Gasteiger partial charge in [0.2, 0.25) is 5.91 Å². The van der Waals surface area contributed by atoms with E-state index in [4.69, 9.17) is 9.84 Å². The fourth-order valence-corrected chi connectivity index (χ4v) is 4.05. The van der Waals surface area contributed by atoms with Crippen LogP contribution in [0.15, 0.2) is 12.3 Å². The van der Waals surface area contributed by atoms with Gasteiger partial charge in [-0.1, -0.05) is 41.0 Å². The highest BCUT2D eigenvalue weighted by Gasteiger charge is 2.33. The van der Waals surface area contributed by atoms with Crippen molar-refractivity contribution in [3.63, 3.8) is 0 Å². The SMILES string of the molecule is C#C.CC.CCC.CO.C[C@H](CC[C@H](C)NC1CCOCC1)C(=O)N1CCc2ncc(C(F)(F)F)cc2C1. The molecule has 1 aromatic rings. The molecule has 220 valence electrons. The number of hydrogen-bond acceptors (Lipinski definition) is 5. The first kappa shape index (κ1) is 38.0. The molecule has 2 aliphatic heterocycles. The van der Waals surface area contributed by atoms with Crippen LogP contribution in [-0.2, 0) is 28.7 Å². The number of aliphatic hydroxyl groups is 1. The number of aromatic nitrogens is 1. The summed E-state index contributed by atoms with van der Waals surface area (Å²) in [5, 5.41) is 10.6. The Bertz CT molecular complexity index is 766. The number of carbonyl (C=O) groups excluding carboxylic acids is 1. The lowest BCUT2D eigenvalue weighted by Crippen LogP contribution is -2.41. The summed E-state index contributed by atoms with van der Waals surface area (Å²) in [6.07, 6.45) is 9.86. The quantitative estimate of drug-likeness (QED) is 0.438. The molecule has 0 bridgehead atoms. The summed E-state index contributed by atoms with van der Waals surface area (Å²) < 4.78 is 44.2. The first-order chi connectivity index (χ1) is 18.2. The normalized spacial score (nSPS) is 16.3. The molecule has 0 radical (unpaired) electrons. The second-order valence-electron chi connectivity index (χ2n) is 8.98. The fourth-order valence-electron chi connectivity index (χ4n) is 4.05. The Morgan fingerprint density at radius 1 is 1.18 bits per heavy atom. The average Bonchev–Trinajstić information content (AvgIpc) is 2.94. The topological polar surface area (TPSA) is 74.7 Å². The summed E-state index contributed by atoms with van der Waals surface area (Å²) in [5.41, 5.74) is 0.400. The summed E-state index contributed by atoms with van der Waals surface area (Å²) in [5.74, 6) is -0.152. The van der Waals surface area contributed by atoms with E-state index in [2.05, 4.69) is 43.9 Å². The number of pyridine rings is 1. The van der Waals surface area contributed by atoms with Crippen molar-refractivity contribution >= 4 is 5.91 Å². The number of hydrogen-bond donors (Lipinski definition) is 2. The Labute approximate surface area is 228 Å². The number of ether oxygens (including phenoxy) is 1. The Kier molecular flexibility index (Phi) is 21.7. The Morgan fingerprint density at radius 3 is 2.26 bits per heavy atom. The largest absolute Gasteiger partial charge is 0.417 e. The number of rotatable bonds is 6. The molecule has 1 aromatic heterocycles. The van der Waals surface area contributed by atoms with E-state index in [9.17, 15) is 18.0 Å². The number of amides is 1.